The maximum absolute atomic E-state index is 6.14. The van der Waals surface area contributed by atoms with Crippen molar-refractivity contribution in [2.45, 2.75) is 12.5 Å². The maximum Gasteiger partial charge on any atom is 0.248 e. The number of nitrogens with zero attached hydrogens (tertiary/aromatic N) is 4. The lowest BCUT2D eigenvalue weighted by atomic mass is 9.98. The van der Waals surface area contributed by atoms with E-state index >= 15 is 0 Å². The summed E-state index contributed by atoms with van der Waals surface area (Å²) in [7, 11) is 0. The highest BCUT2D eigenvalue weighted by molar-refractivity contribution is 6.30. The second kappa shape index (κ2) is 11.9. The third kappa shape index (κ3) is 5.89. The molecule has 2 heterocycles. The minimum absolute atomic E-state index is 0.120. The van der Waals surface area contributed by atoms with Crippen molar-refractivity contribution in [3.05, 3.63) is 161 Å². The van der Waals surface area contributed by atoms with E-state index < -0.39 is 0 Å². The predicted molar refractivity (Wildman–Crippen MR) is 175 cm³/mol. The Hall–Kier alpha value is -5.26. The smallest absolute Gasteiger partial charge is 0.248 e. The summed E-state index contributed by atoms with van der Waals surface area (Å²) in [5, 5.41) is 16.3. The number of rotatable bonds is 7. The molecule has 6 heteroatoms. The van der Waals surface area contributed by atoms with Crippen LogP contribution < -0.4 is 5.01 Å². The van der Waals surface area contributed by atoms with Gasteiger partial charge in [0, 0.05) is 22.6 Å². The zero-order valence-corrected chi connectivity index (χ0v) is 24.0. The molecule has 0 amide bonds. The first-order chi connectivity index (χ1) is 21.2. The molecule has 6 aromatic rings. The first-order valence-electron chi connectivity index (χ1n) is 14.1. The Kier molecular flexibility index (Phi) is 7.38. The second-order valence-electron chi connectivity index (χ2n) is 10.4. The fraction of sp³-hybridized carbons (Fsp3) is 0.0541. The lowest BCUT2D eigenvalue weighted by Crippen LogP contribution is -2.18. The zero-order chi connectivity index (χ0) is 29.0. The van der Waals surface area contributed by atoms with E-state index in [1.165, 1.54) is 5.56 Å². The van der Waals surface area contributed by atoms with E-state index in [0.29, 0.717) is 11.8 Å². The van der Waals surface area contributed by atoms with Gasteiger partial charge in [-0.15, -0.1) is 10.2 Å². The molecule has 5 nitrogen and oxygen atoms in total. The van der Waals surface area contributed by atoms with Crippen LogP contribution >= 0.6 is 11.6 Å². The molecule has 1 atom stereocenters. The number of anilines is 1. The fourth-order valence-corrected chi connectivity index (χ4v) is 5.33. The Morgan fingerprint density at radius 2 is 1.14 bits per heavy atom. The molecule has 1 aliphatic heterocycles. The van der Waals surface area contributed by atoms with Gasteiger partial charge in [-0.05, 0) is 70.8 Å². The molecule has 7 rings (SSSR count). The lowest BCUT2D eigenvalue weighted by Gasteiger charge is -2.24. The lowest BCUT2D eigenvalue weighted by molar-refractivity contribution is 0.584. The van der Waals surface area contributed by atoms with E-state index in [0.717, 1.165) is 50.7 Å². The van der Waals surface area contributed by atoms with E-state index in [-0.39, 0.29) is 6.04 Å². The van der Waals surface area contributed by atoms with Crippen LogP contribution in [0.3, 0.4) is 0 Å². The van der Waals surface area contributed by atoms with Crippen LogP contribution in [0.25, 0.3) is 35.1 Å². The average Bonchev–Trinajstić information content (AvgIpc) is 3.75. The Morgan fingerprint density at radius 3 is 1.77 bits per heavy atom. The molecule has 0 fully saturated rings. The summed E-state index contributed by atoms with van der Waals surface area (Å²) < 4.78 is 5.89. The highest BCUT2D eigenvalue weighted by Gasteiger charge is 2.29. The molecule has 0 spiro atoms. The summed E-state index contributed by atoms with van der Waals surface area (Å²) in [4.78, 5) is 0. The normalized spacial score (nSPS) is 14.8. The van der Waals surface area contributed by atoms with Crippen LogP contribution in [0.15, 0.2) is 143 Å². The second-order valence-corrected chi connectivity index (χ2v) is 10.8. The Labute approximate surface area is 255 Å². The quantitative estimate of drug-likeness (QED) is 0.177. The van der Waals surface area contributed by atoms with Gasteiger partial charge < -0.3 is 4.42 Å². The van der Waals surface area contributed by atoms with Gasteiger partial charge in [0.25, 0.3) is 0 Å². The van der Waals surface area contributed by atoms with Crippen LogP contribution in [0, 0.1) is 0 Å². The molecule has 1 aliphatic rings. The Balaban J connectivity index is 1.07. The van der Waals surface area contributed by atoms with E-state index in [2.05, 4.69) is 75.9 Å². The van der Waals surface area contributed by atoms with Crippen molar-refractivity contribution in [1.82, 2.24) is 10.2 Å². The minimum Gasteiger partial charge on any atom is -0.416 e. The van der Waals surface area contributed by atoms with E-state index in [1.54, 1.807) is 0 Å². The van der Waals surface area contributed by atoms with Gasteiger partial charge in [0.15, 0.2) is 0 Å². The van der Waals surface area contributed by atoms with Gasteiger partial charge in [-0.1, -0.05) is 109 Å². The third-order valence-corrected chi connectivity index (χ3v) is 7.75. The highest BCUT2D eigenvalue weighted by Crippen LogP contribution is 2.37. The molecular weight excluding hydrogens is 552 g/mol. The molecule has 0 saturated carbocycles. The molecule has 0 saturated heterocycles. The van der Waals surface area contributed by atoms with Gasteiger partial charge in [0.05, 0.1) is 17.4 Å². The first kappa shape index (κ1) is 26.6. The molecular formula is C37H27ClN4O. The van der Waals surface area contributed by atoms with Crippen LogP contribution in [0.1, 0.15) is 34.7 Å². The number of hydrogen-bond donors (Lipinski definition) is 0. The molecule has 43 heavy (non-hydrogen) atoms. The summed E-state index contributed by atoms with van der Waals surface area (Å²) in [5.41, 5.74) is 8.40. The van der Waals surface area contributed by atoms with Crippen molar-refractivity contribution in [2.24, 2.45) is 5.10 Å². The molecule has 0 radical (unpaired) electrons. The largest absolute Gasteiger partial charge is 0.416 e. The summed E-state index contributed by atoms with van der Waals surface area (Å²) in [6, 6.07) is 45.0. The van der Waals surface area contributed by atoms with E-state index in [9.17, 15) is 0 Å². The topological polar surface area (TPSA) is 54.5 Å². The Morgan fingerprint density at radius 1 is 0.605 bits per heavy atom. The molecule has 0 bridgehead atoms. The first-order valence-corrected chi connectivity index (χ1v) is 14.5. The van der Waals surface area contributed by atoms with Crippen LogP contribution in [0.4, 0.5) is 5.69 Å². The van der Waals surface area contributed by atoms with Crippen molar-refractivity contribution >= 4 is 35.2 Å². The predicted octanol–water partition coefficient (Wildman–Crippen LogP) is 9.58. The van der Waals surface area contributed by atoms with Gasteiger partial charge >= 0.3 is 0 Å². The standard InChI is InChI=1S/C37H27ClN4O/c38-32-21-19-28(20-22-32)34-25-35(29-7-3-1-4-8-29)42(41-34)33-23-15-27(16-24-33)12-11-26-13-17-31(18-14-26)37-40-39-36(43-37)30-9-5-2-6-10-30/h1-24,35H,25H2. The van der Waals surface area contributed by atoms with Crippen molar-refractivity contribution in [3.63, 3.8) is 0 Å². The maximum atomic E-state index is 6.14. The summed E-state index contributed by atoms with van der Waals surface area (Å²) in [6.45, 7) is 0. The number of halogens is 1. The monoisotopic (exact) mass is 578 g/mol. The molecule has 1 unspecified atom stereocenters. The fourth-order valence-electron chi connectivity index (χ4n) is 5.20. The molecule has 5 aromatic carbocycles. The van der Waals surface area contributed by atoms with Gasteiger partial charge in [0.2, 0.25) is 11.8 Å². The van der Waals surface area contributed by atoms with E-state index in [1.807, 2.05) is 84.9 Å². The van der Waals surface area contributed by atoms with Gasteiger partial charge in [-0.25, -0.2) is 0 Å². The van der Waals surface area contributed by atoms with Gasteiger partial charge in [-0.2, -0.15) is 5.10 Å². The van der Waals surface area contributed by atoms with Gasteiger partial charge in [0.1, 0.15) is 0 Å². The highest BCUT2D eigenvalue weighted by atomic mass is 35.5. The number of hydrogen-bond acceptors (Lipinski definition) is 5. The SMILES string of the molecule is Clc1ccc(C2=NN(c3ccc(C=Cc4ccc(-c5nnc(-c6ccccc6)o5)cc4)cc3)C(c3ccccc3)C2)cc1. The van der Waals surface area contributed by atoms with Crippen LogP contribution in [0.5, 0.6) is 0 Å². The number of benzene rings is 5. The third-order valence-electron chi connectivity index (χ3n) is 7.50. The summed E-state index contributed by atoms with van der Waals surface area (Å²) >= 11 is 6.14. The molecule has 1 aromatic heterocycles. The van der Waals surface area contributed by atoms with Crippen LogP contribution in [0.2, 0.25) is 5.02 Å². The summed E-state index contributed by atoms with van der Waals surface area (Å²) in [6.07, 6.45) is 5.03. The zero-order valence-electron chi connectivity index (χ0n) is 23.2. The number of hydrazone groups is 1. The summed E-state index contributed by atoms with van der Waals surface area (Å²) in [5.74, 6) is 1.02. The molecule has 0 aliphatic carbocycles. The molecule has 0 N–H and O–H groups in total. The van der Waals surface area contributed by atoms with Crippen LogP contribution in [-0.2, 0) is 0 Å². The molecule has 208 valence electrons. The van der Waals surface area contributed by atoms with Gasteiger partial charge in [-0.3, -0.25) is 5.01 Å². The van der Waals surface area contributed by atoms with Crippen LogP contribution in [-0.4, -0.2) is 15.9 Å². The average molecular weight is 579 g/mol. The van der Waals surface area contributed by atoms with Crippen molar-refractivity contribution in [2.75, 3.05) is 5.01 Å². The Bertz CT molecular complexity index is 1880. The van der Waals surface area contributed by atoms with Crippen molar-refractivity contribution < 1.29 is 4.42 Å². The minimum atomic E-state index is 0.120. The van der Waals surface area contributed by atoms with Crippen molar-refractivity contribution in [1.29, 1.82) is 0 Å². The van der Waals surface area contributed by atoms with E-state index in [4.69, 9.17) is 21.1 Å². The van der Waals surface area contributed by atoms with Crippen molar-refractivity contribution in [3.8, 4) is 22.9 Å². The number of aromatic nitrogens is 2.